The molecule has 0 radical (unpaired) electrons. The number of nitrogens with zero attached hydrogens (tertiary/aromatic N) is 2. The maximum atomic E-state index is 5.31. The van der Waals surface area contributed by atoms with Crippen LogP contribution in [0.1, 0.15) is 19.8 Å². The zero-order chi connectivity index (χ0) is 9.80. The number of hydrogen-bond donors (Lipinski definition) is 1. The molecule has 0 amide bonds. The van der Waals surface area contributed by atoms with Crippen LogP contribution in [-0.2, 0) is 11.3 Å². The Hall–Kier alpha value is -1.03. The highest BCUT2D eigenvalue weighted by molar-refractivity contribution is 5.27. The molecule has 0 aliphatic carbocycles. The molecule has 1 aliphatic rings. The van der Waals surface area contributed by atoms with E-state index in [-0.39, 0.29) is 0 Å². The highest BCUT2D eigenvalue weighted by Crippen LogP contribution is 2.12. The molecule has 14 heavy (non-hydrogen) atoms. The maximum Gasteiger partial charge on any atom is 0.203 e. The number of imidazole rings is 1. The second-order valence-electron chi connectivity index (χ2n) is 3.65. The molecule has 1 N–H and O–H groups in total. The van der Waals surface area contributed by atoms with E-state index < -0.39 is 0 Å². The van der Waals surface area contributed by atoms with Crippen LogP contribution in [0.15, 0.2) is 12.4 Å². The fourth-order valence-corrected chi connectivity index (χ4v) is 1.70. The van der Waals surface area contributed by atoms with Gasteiger partial charge in [0, 0.05) is 25.5 Å². The average Bonchev–Trinajstić information content (AvgIpc) is 2.80. The van der Waals surface area contributed by atoms with Gasteiger partial charge >= 0.3 is 0 Å². The van der Waals surface area contributed by atoms with Crippen molar-refractivity contribution in [2.24, 2.45) is 0 Å². The first kappa shape index (κ1) is 9.52. The lowest BCUT2D eigenvalue weighted by Crippen LogP contribution is -2.21. The SMILES string of the molecule is CCCn1ccnc1NC1CCOC1. The van der Waals surface area contributed by atoms with Crippen LogP contribution in [0.3, 0.4) is 0 Å². The van der Waals surface area contributed by atoms with Gasteiger partial charge < -0.3 is 14.6 Å². The summed E-state index contributed by atoms with van der Waals surface area (Å²) in [5.74, 6) is 0.974. The van der Waals surface area contributed by atoms with Gasteiger partial charge in [-0.3, -0.25) is 0 Å². The first-order chi connectivity index (χ1) is 6.90. The molecule has 0 aromatic carbocycles. The normalized spacial score (nSPS) is 21.4. The first-order valence-corrected chi connectivity index (χ1v) is 5.25. The van der Waals surface area contributed by atoms with Crippen LogP contribution in [-0.4, -0.2) is 28.8 Å². The quantitative estimate of drug-likeness (QED) is 0.791. The monoisotopic (exact) mass is 195 g/mol. The summed E-state index contributed by atoms with van der Waals surface area (Å²) in [6.07, 6.45) is 6.07. The third-order valence-electron chi connectivity index (χ3n) is 2.44. The molecule has 0 spiro atoms. The largest absolute Gasteiger partial charge is 0.379 e. The van der Waals surface area contributed by atoms with Crippen LogP contribution in [0.2, 0.25) is 0 Å². The molecule has 1 aliphatic heterocycles. The number of hydrogen-bond acceptors (Lipinski definition) is 3. The Bertz CT molecular complexity index is 279. The highest BCUT2D eigenvalue weighted by Gasteiger charge is 2.16. The molecule has 2 heterocycles. The zero-order valence-electron chi connectivity index (χ0n) is 8.57. The molecule has 1 atom stereocenters. The van der Waals surface area contributed by atoms with Crippen molar-refractivity contribution in [2.45, 2.75) is 32.4 Å². The van der Waals surface area contributed by atoms with Crippen LogP contribution in [0.5, 0.6) is 0 Å². The number of ether oxygens (including phenoxy) is 1. The average molecular weight is 195 g/mol. The Morgan fingerprint density at radius 2 is 2.64 bits per heavy atom. The van der Waals surface area contributed by atoms with Gasteiger partial charge in [0.25, 0.3) is 0 Å². The lowest BCUT2D eigenvalue weighted by Gasteiger charge is -2.12. The Morgan fingerprint density at radius 3 is 3.36 bits per heavy atom. The van der Waals surface area contributed by atoms with Crippen LogP contribution in [0.25, 0.3) is 0 Å². The van der Waals surface area contributed by atoms with Crippen LogP contribution in [0.4, 0.5) is 5.95 Å². The van der Waals surface area contributed by atoms with E-state index in [9.17, 15) is 0 Å². The van der Waals surface area contributed by atoms with E-state index in [4.69, 9.17) is 4.74 Å². The Balaban J connectivity index is 1.96. The minimum Gasteiger partial charge on any atom is -0.379 e. The topological polar surface area (TPSA) is 39.1 Å². The summed E-state index contributed by atoms with van der Waals surface area (Å²) in [5.41, 5.74) is 0. The van der Waals surface area contributed by atoms with E-state index in [0.717, 1.165) is 38.5 Å². The van der Waals surface area contributed by atoms with Gasteiger partial charge in [-0.25, -0.2) is 4.98 Å². The molecule has 1 fully saturated rings. The smallest absolute Gasteiger partial charge is 0.203 e. The van der Waals surface area contributed by atoms with Crippen LogP contribution >= 0.6 is 0 Å². The van der Waals surface area contributed by atoms with E-state index in [1.807, 2.05) is 12.4 Å². The predicted molar refractivity (Wildman–Crippen MR) is 55.4 cm³/mol. The first-order valence-electron chi connectivity index (χ1n) is 5.25. The van der Waals surface area contributed by atoms with Crippen molar-refractivity contribution >= 4 is 5.95 Å². The van der Waals surface area contributed by atoms with Crippen molar-refractivity contribution in [1.29, 1.82) is 0 Å². The molecule has 4 nitrogen and oxygen atoms in total. The van der Waals surface area contributed by atoms with Gasteiger partial charge in [-0.2, -0.15) is 0 Å². The van der Waals surface area contributed by atoms with Crippen molar-refractivity contribution in [3.63, 3.8) is 0 Å². The van der Waals surface area contributed by atoms with Crippen molar-refractivity contribution in [3.05, 3.63) is 12.4 Å². The number of anilines is 1. The predicted octanol–water partition coefficient (Wildman–Crippen LogP) is 1.49. The van der Waals surface area contributed by atoms with Crippen molar-refractivity contribution in [3.8, 4) is 0 Å². The molecule has 1 unspecified atom stereocenters. The molecular weight excluding hydrogens is 178 g/mol. The summed E-state index contributed by atoms with van der Waals surface area (Å²) in [6, 6.07) is 0.438. The molecule has 78 valence electrons. The fraction of sp³-hybridized carbons (Fsp3) is 0.700. The second-order valence-corrected chi connectivity index (χ2v) is 3.65. The van der Waals surface area contributed by atoms with Crippen molar-refractivity contribution < 1.29 is 4.74 Å². The van der Waals surface area contributed by atoms with E-state index >= 15 is 0 Å². The van der Waals surface area contributed by atoms with Crippen LogP contribution in [0, 0.1) is 0 Å². The number of aryl methyl sites for hydroxylation is 1. The molecule has 1 aromatic heterocycles. The Morgan fingerprint density at radius 1 is 1.71 bits per heavy atom. The minimum atomic E-state index is 0.438. The molecule has 2 rings (SSSR count). The lowest BCUT2D eigenvalue weighted by atomic mass is 10.3. The number of nitrogens with one attached hydrogen (secondary N) is 1. The van der Waals surface area contributed by atoms with E-state index in [0.29, 0.717) is 6.04 Å². The standard InChI is InChI=1S/C10H17N3O/c1-2-5-13-6-4-11-10(13)12-9-3-7-14-8-9/h4,6,9H,2-3,5,7-8H2,1H3,(H,11,12). The molecule has 0 saturated carbocycles. The number of aromatic nitrogens is 2. The second kappa shape index (κ2) is 4.46. The zero-order valence-corrected chi connectivity index (χ0v) is 8.57. The van der Waals surface area contributed by atoms with Crippen molar-refractivity contribution in [1.82, 2.24) is 9.55 Å². The van der Waals surface area contributed by atoms with Gasteiger partial charge in [-0.05, 0) is 12.8 Å². The fourth-order valence-electron chi connectivity index (χ4n) is 1.70. The summed E-state index contributed by atoms with van der Waals surface area (Å²) >= 11 is 0. The van der Waals surface area contributed by atoms with Crippen molar-refractivity contribution in [2.75, 3.05) is 18.5 Å². The van der Waals surface area contributed by atoms with Gasteiger partial charge in [-0.1, -0.05) is 6.92 Å². The van der Waals surface area contributed by atoms with Gasteiger partial charge in [0.2, 0.25) is 5.95 Å². The summed E-state index contributed by atoms with van der Waals surface area (Å²) in [5, 5.41) is 3.40. The molecule has 4 heteroatoms. The third-order valence-corrected chi connectivity index (χ3v) is 2.44. The molecule has 1 aromatic rings. The molecular formula is C10H17N3O. The molecule has 1 saturated heterocycles. The summed E-state index contributed by atoms with van der Waals surface area (Å²) in [7, 11) is 0. The van der Waals surface area contributed by atoms with Crippen LogP contribution < -0.4 is 5.32 Å². The Kier molecular flexibility index (Phi) is 3.03. The molecule has 0 bridgehead atoms. The highest BCUT2D eigenvalue weighted by atomic mass is 16.5. The van der Waals surface area contributed by atoms with Gasteiger partial charge in [0.15, 0.2) is 0 Å². The lowest BCUT2D eigenvalue weighted by molar-refractivity contribution is 0.195. The van der Waals surface area contributed by atoms with Gasteiger partial charge in [0.05, 0.1) is 12.6 Å². The van der Waals surface area contributed by atoms with E-state index in [2.05, 4.69) is 21.8 Å². The third kappa shape index (κ3) is 2.07. The minimum absolute atomic E-state index is 0.438. The summed E-state index contributed by atoms with van der Waals surface area (Å²) in [6.45, 7) is 4.86. The number of rotatable bonds is 4. The maximum absolute atomic E-state index is 5.31. The summed E-state index contributed by atoms with van der Waals surface area (Å²) < 4.78 is 7.46. The van der Waals surface area contributed by atoms with Gasteiger partial charge in [0.1, 0.15) is 0 Å². The van der Waals surface area contributed by atoms with E-state index in [1.54, 1.807) is 0 Å². The van der Waals surface area contributed by atoms with E-state index in [1.165, 1.54) is 0 Å². The Labute approximate surface area is 84.3 Å². The summed E-state index contributed by atoms with van der Waals surface area (Å²) in [4.78, 5) is 4.29. The van der Waals surface area contributed by atoms with Gasteiger partial charge in [-0.15, -0.1) is 0 Å².